The number of nitrogens with one attached hydrogen (secondary N) is 1. The van der Waals surface area contributed by atoms with Gasteiger partial charge >= 0.3 is 0 Å². The average Bonchev–Trinajstić information content (AvgIpc) is 2.20. The number of rotatable bonds is 9. The quantitative estimate of drug-likeness (QED) is 0.463. The Morgan fingerprint density at radius 2 is 1.80 bits per heavy atom. The van der Waals surface area contributed by atoms with Crippen molar-refractivity contribution in [1.29, 1.82) is 0 Å². The summed E-state index contributed by atoms with van der Waals surface area (Å²) in [7, 11) is 0. The van der Waals surface area contributed by atoms with Crippen molar-refractivity contribution in [3.05, 3.63) is 24.9 Å². The lowest BCUT2D eigenvalue weighted by Gasteiger charge is -2.12. The van der Waals surface area contributed by atoms with Gasteiger partial charge in [0.1, 0.15) is 0 Å². The second-order valence-electron chi connectivity index (χ2n) is 3.78. The van der Waals surface area contributed by atoms with E-state index in [1.807, 2.05) is 6.08 Å². The molecule has 0 amide bonds. The summed E-state index contributed by atoms with van der Waals surface area (Å²) < 4.78 is 0. The van der Waals surface area contributed by atoms with Crippen molar-refractivity contribution in [1.82, 2.24) is 0 Å². The molecule has 0 spiro atoms. The molecular weight excluding hydrogens is 186 g/mol. The van der Waals surface area contributed by atoms with Crippen molar-refractivity contribution in [2.24, 2.45) is 0 Å². The Balaban J connectivity index is 0. The van der Waals surface area contributed by atoms with Crippen LogP contribution in [0.15, 0.2) is 24.9 Å². The molecule has 0 aromatic rings. The summed E-state index contributed by atoms with van der Waals surface area (Å²) >= 11 is 0. The molecule has 0 aromatic carbocycles. The third-order valence-electron chi connectivity index (χ3n) is 2.31. The predicted molar refractivity (Wildman–Crippen MR) is 66.4 cm³/mol. The highest BCUT2D eigenvalue weighted by Gasteiger charge is 2.00. The Morgan fingerprint density at radius 3 is 2.33 bits per heavy atom. The van der Waals surface area contributed by atoms with Crippen LogP contribution < -0.4 is 4.90 Å². The molecule has 0 heterocycles. The van der Waals surface area contributed by atoms with Crippen molar-refractivity contribution >= 4 is 0 Å². The Bertz CT molecular complexity index is 155. The van der Waals surface area contributed by atoms with Gasteiger partial charge < -0.3 is 10.4 Å². The molecule has 0 aromatic heterocycles. The molecule has 0 saturated heterocycles. The summed E-state index contributed by atoms with van der Waals surface area (Å²) in [6.45, 7) is 10.8. The molecule has 0 radical (unpaired) electrons. The van der Waals surface area contributed by atoms with E-state index in [0.29, 0.717) is 0 Å². The van der Waals surface area contributed by atoms with Crippen molar-refractivity contribution in [2.45, 2.75) is 46.0 Å². The van der Waals surface area contributed by atoms with E-state index in [1.54, 1.807) is 4.90 Å². The standard InChI is InChI=1S/C13H25N.H2O/c1-4-7-9-10-13-14(11-6-3)12-8-5-2;/h4,10,13H,1,5-9,11-12H2,2-3H3;1H2. The number of hydrogen-bond donors (Lipinski definition) is 1. The van der Waals surface area contributed by atoms with E-state index in [0.717, 1.165) is 12.8 Å². The highest BCUT2D eigenvalue weighted by molar-refractivity contribution is 4.77. The fraction of sp³-hybridized carbons (Fsp3) is 0.692. The molecule has 2 N–H and O–H groups in total. The Labute approximate surface area is 95.0 Å². The molecule has 1 unspecified atom stereocenters. The van der Waals surface area contributed by atoms with Gasteiger partial charge in [-0.3, -0.25) is 0 Å². The topological polar surface area (TPSA) is 34.4 Å². The SMILES string of the molecule is C=CCCC=C[NH+](CCC)CCCC.[OH-]. The number of quaternary nitrogens is 1. The van der Waals surface area contributed by atoms with E-state index in [-0.39, 0.29) is 5.48 Å². The van der Waals surface area contributed by atoms with Gasteiger partial charge in [0.25, 0.3) is 0 Å². The van der Waals surface area contributed by atoms with Crippen molar-refractivity contribution in [3.8, 4) is 0 Å². The third-order valence-corrected chi connectivity index (χ3v) is 2.31. The van der Waals surface area contributed by atoms with E-state index in [4.69, 9.17) is 0 Å². The minimum absolute atomic E-state index is 0. The molecule has 0 fully saturated rings. The van der Waals surface area contributed by atoms with Crippen molar-refractivity contribution in [3.63, 3.8) is 0 Å². The smallest absolute Gasteiger partial charge is 0.0901 e. The lowest BCUT2D eigenvalue weighted by atomic mass is 10.3. The molecule has 15 heavy (non-hydrogen) atoms. The molecule has 0 aliphatic heterocycles. The van der Waals surface area contributed by atoms with E-state index < -0.39 is 0 Å². The Hall–Kier alpha value is -0.600. The van der Waals surface area contributed by atoms with E-state index in [2.05, 4.69) is 32.7 Å². The molecule has 2 nitrogen and oxygen atoms in total. The first-order valence-electron chi connectivity index (χ1n) is 5.97. The summed E-state index contributed by atoms with van der Waals surface area (Å²) in [5, 5.41) is 0. The average molecular weight is 213 g/mol. The second-order valence-corrected chi connectivity index (χ2v) is 3.78. The van der Waals surface area contributed by atoms with Gasteiger partial charge in [0.15, 0.2) is 0 Å². The van der Waals surface area contributed by atoms with Gasteiger partial charge in [0, 0.05) is 0 Å². The predicted octanol–water partition coefficient (Wildman–Crippen LogP) is 2.38. The molecule has 0 bridgehead atoms. The fourth-order valence-corrected chi connectivity index (χ4v) is 1.48. The largest absolute Gasteiger partial charge is 0.870 e. The van der Waals surface area contributed by atoms with Crippen LogP contribution in [-0.2, 0) is 0 Å². The summed E-state index contributed by atoms with van der Waals surface area (Å²) in [4.78, 5) is 1.62. The van der Waals surface area contributed by atoms with Gasteiger partial charge in [0.05, 0.1) is 19.3 Å². The zero-order valence-electron chi connectivity index (χ0n) is 10.3. The third kappa shape index (κ3) is 11.3. The van der Waals surface area contributed by atoms with Crippen LogP contribution in [-0.4, -0.2) is 18.6 Å². The van der Waals surface area contributed by atoms with Gasteiger partial charge in [-0.2, -0.15) is 0 Å². The molecule has 0 aliphatic carbocycles. The lowest BCUT2D eigenvalue weighted by Crippen LogP contribution is -3.07. The highest BCUT2D eigenvalue weighted by atomic mass is 16.0. The van der Waals surface area contributed by atoms with Crippen molar-refractivity contribution in [2.75, 3.05) is 13.1 Å². The van der Waals surface area contributed by atoms with Gasteiger partial charge in [-0.05, 0) is 31.8 Å². The van der Waals surface area contributed by atoms with E-state index in [9.17, 15) is 0 Å². The van der Waals surface area contributed by atoms with E-state index >= 15 is 0 Å². The van der Waals surface area contributed by atoms with Crippen LogP contribution in [0.1, 0.15) is 46.0 Å². The van der Waals surface area contributed by atoms with Crippen LogP contribution in [0.3, 0.4) is 0 Å². The summed E-state index contributed by atoms with van der Waals surface area (Å²) in [6.07, 6.45) is 12.8. The maximum Gasteiger partial charge on any atom is 0.0901 e. The number of allylic oxidation sites excluding steroid dienone is 2. The van der Waals surface area contributed by atoms with Crippen LogP contribution in [0.2, 0.25) is 0 Å². The maximum atomic E-state index is 3.72. The minimum atomic E-state index is 0. The van der Waals surface area contributed by atoms with Gasteiger partial charge in [-0.1, -0.05) is 26.3 Å². The molecule has 2 heteroatoms. The zero-order valence-corrected chi connectivity index (χ0v) is 10.3. The molecule has 0 saturated carbocycles. The summed E-state index contributed by atoms with van der Waals surface area (Å²) in [6, 6.07) is 0. The minimum Gasteiger partial charge on any atom is -0.870 e. The molecule has 90 valence electrons. The van der Waals surface area contributed by atoms with Gasteiger partial charge in [-0.25, -0.2) is 0 Å². The monoisotopic (exact) mass is 213 g/mol. The lowest BCUT2D eigenvalue weighted by molar-refractivity contribution is -0.847. The van der Waals surface area contributed by atoms with Crippen LogP contribution in [0, 0.1) is 0 Å². The molecule has 0 aliphatic rings. The summed E-state index contributed by atoms with van der Waals surface area (Å²) in [5.74, 6) is 0. The maximum absolute atomic E-state index is 3.72. The highest BCUT2D eigenvalue weighted by Crippen LogP contribution is 1.88. The fourth-order valence-electron chi connectivity index (χ4n) is 1.48. The van der Waals surface area contributed by atoms with Crippen LogP contribution in [0.4, 0.5) is 0 Å². The molecule has 1 atom stereocenters. The van der Waals surface area contributed by atoms with Gasteiger partial charge in [-0.15, -0.1) is 6.58 Å². The first-order chi connectivity index (χ1) is 6.85. The van der Waals surface area contributed by atoms with E-state index in [1.165, 1.54) is 32.4 Å². The van der Waals surface area contributed by atoms with Crippen LogP contribution in [0.5, 0.6) is 0 Å². The van der Waals surface area contributed by atoms with Crippen LogP contribution >= 0.6 is 0 Å². The zero-order chi connectivity index (χ0) is 10.6. The Kier molecular flexibility index (Phi) is 15.0. The van der Waals surface area contributed by atoms with Crippen LogP contribution in [0.25, 0.3) is 0 Å². The molecular formula is C13H27NO. The number of hydrogen-bond acceptors (Lipinski definition) is 1. The first kappa shape index (κ1) is 16.8. The second kappa shape index (κ2) is 13.4. The Morgan fingerprint density at radius 1 is 1.07 bits per heavy atom. The molecule has 0 rings (SSSR count). The number of unbranched alkanes of at least 4 members (excludes halogenated alkanes) is 2. The summed E-state index contributed by atoms with van der Waals surface area (Å²) in [5.41, 5.74) is 0. The normalized spacial score (nSPS) is 12.4. The first-order valence-corrected chi connectivity index (χ1v) is 5.97. The van der Waals surface area contributed by atoms with Crippen molar-refractivity contribution < 1.29 is 10.4 Å². The van der Waals surface area contributed by atoms with Gasteiger partial charge in [0.2, 0.25) is 0 Å².